The van der Waals surface area contributed by atoms with Crippen LogP contribution in [0, 0.1) is 0 Å². The third-order valence-corrected chi connectivity index (χ3v) is 9.43. The number of hydrogen-bond acceptors (Lipinski definition) is 4. The number of allylic oxidation sites excluding steroid dienone is 4. The van der Waals surface area contributed by atoms with E-state index in [0.29, 0.717) is 0 Å². The molecule has 0 saturated heterocycles. The molecule has 6 aromatic carbocycles. The molecule has 8 aromatic rings. The van der Waals surface area contributed by atoms with Gasteiger partial charge in [0.1, 0.15) is 17.8 Å². The van der Waals surface area contributed by atoms with Crippen LogP contribution in [0.5, 0.6) is 0 Å². The van der Waals surface area contributed by atoms with Crippen LogP contribution in [0.25, 0.3) is 56.2 Å². The van der Waals surface area contributed by atoms with Gasteiger partial charge in [0, 0.05) is 28.2 Å². The van der Waals surface area contributed by atoms with E-state index in [-0.39, 0.29) is 6.17 Å². The average molecular weight is 659 g/mol. The van der Waals surface area contributed by atoms with Crippen molar-refractivity contribution in [2.45, 2.75) is 6.17 Å². The highest BCUT2D eigenvalue weighted by Gasteiger charge is 2.32. The first-order chi connectivity index (χ1) is 25.2. The van der Waals surface area contributed by atoms with Crippen LogP contribution in [-0.4, -0.2) is 19.1 Å². The number of rotatable bonds is 8. The fourth-order valence-electron chi connectivity index (χ4n) is 7.23. The third-order valence-electron chi connectivity index (χ3n) is 9.43. The van der Waals surface area contributed by atoms with E-state index < -0.39 is 0 Å². The topological polar surface area (TPSA) is 50.9 Å². The molecule has 6 heteroatoms. The number of benzene rings is 6. The largest absolute Gasteiger partial charge is 0.359 e. The summed E-state index contributed by atoms with van der Waals surface area (Å²) in [5.74, 6) is 1.65. The predicted molar refractivity (Wildman–Crippen MR) is 211 cm³/mol. The van der Waals surface area contributed by atoms with Crippen LogP contribution in [0.1, 0.15) is 11.7 Å². The van der Waals surface area contributed by atoms with Crippen molar-refractivity contribution in [3.63, 3.8) is 0 Å². The van der Waals surface area contributed by atoms with Crippen molar-refractivity contribution in [2.75, 3.05) is 10.2 Å². The molecule has 1 aliphatic rings. The Kier molecular flexibility index (Phi) is 7.40. The molecule has 6 nitrogen and oxygen atoms in total. The van der Waals surface area contributed by atoms with Gasteiger partial charge in [-0.05, 0) is 96.6 Å². The third kappa shape index (κ3) is 5.13. The van der Waals surface area contributed by atoms with Crippen molar-refractivity contribution in [1.29, 1.82) is 0 Å². The molecule has 0 saturated carbocycles. The summed E-state index contributed by atoms with van der Waals surface area (Å²) in [5, 5.41) is 3.86. The number of para-hydroxylation sites is 8. The second-order valence-corrected chi connectivity index (χ2v) is 12.5. The number of nitrogens with zero attached hydrogens (tertiary/aromatic N) is 5. The smallest absolute Gasteiger partial charge is 0.145 e. The van der Waals surface area contributed by atoms with Crippen molar-refractivity contribution >= 4 is 44.8 Å². The maximum Gasteiger partial charge on any atom is 0.145 e. The minimum absolute atomic E-state index is 0.210. The van der Waals surface area contributed by atoms with E-state index in [4.69, 9.17) is 9.97 Å². The van der Waals surface area contributed by atoms with Gasteiger partial charge >= 0.3 is 0 Å². The molecule has 0 spiro atoms. The first-order valence-electron chi connectivity index (χ1n) is 17.0. The molecule has 9 rings (SSSR count). The van der Waals surface area contributed by atoms with E-state index in [1.54, 1.807) is 6.08 Å². The zero-order valence-electron chi connectivity index (χ0n) is 27.9. The van der Waals surface area contributed by atoms with Crippen LogP contribution in [0.2, 0.25) is 0 Å². The summed E-state index contributed by atoms with van der Waals surface area (Å²) in [6.07, 6.45) is 5.40. The highest BCUT2D eigenvalue weighted by Crippen LogP contribution is 2.47. The molecule has 0 bridgehead atoms. The Balaban J connectivity index is 1.34. The van der Waals surface area contributed by atoms with Crippen molar-refractivity contribution in [3.05, 3.63) is 189 Å². The molecule has 0 fully saturated rings. The Hall–Kier alpha value is -6.92. The molecule has 1 atom stereocenters. The van der Waals surface area contributed by atoms with Gasteiger partial charge < -0.3 is 10.2 Å². The molecule has 244 valence electrons. The fraction of sp³-hybridized carbons (Fsp3) is 0.0222. The summed E-state index contributed by atoms with van der Waals surface area (Å²) in [4.78, 5) is 12.9. The minimum Gasteiger partial charge on any atom is -0.359 e. The van der Waals surface area contributed by atoms with Crippen LogP contribution < -0.4 is 10.2 Å². The summed E-state index contributed by atoms with van der Waals surface area (Å²) in [6.45, 7) is 8.16. The fourth-order valence-corrected chi connectivity index (χ4v) is 7.23. The van der Waals surface area contributed by atoms with Crippen LogP contribution in [0.15, 0.2) is 183 Å². The molecule has 51 heavy (non-hydrogen) atoms. The summed E-state index contributed by atoms with van der Waals surface area (Å²) < 4.78 is 4.42. The van der Waals surface area contributed by atoms with Crippen molar-refractivity contribution in [2.24, 2.45) is 0 Å². The van der Waals surface area contributed by atoms with Crippen LogP contribution in [-0.2, 0) is 0 Å². The molecule has 0 aliphatic carbocycles. The number of aromatic nitrogens is 4. The predicted octanol–water partition coefficient (Wildman–Crippen LogP) is 11.2. The zero-order chi connectivity index (χ0) is 34.3. The van der Waals surface area contributed by atoms with E-state index in [0.717, 1.165) is 78.9 Å². The highest BCUT2D eigenvalue weighted by atomic mass is 15.3. The molecule has 2 aromatic heterocycles. The number of anilines is 3. The van der Waals surface area contributed by atoms with Gasteiger partial charge in [0.25, 0.3) is 0 Å². The normalized spacial score (nSPS) is 14.1. The van der Waals surface area contributed by atoms with Crippen molar-refractivity contribution < 1.29 is 0 Å². The Morgan fingerprint density at radius 1 is 0.608 bits per heavy atom. The zero-order valence-corrected chi connectivity index (χ0v) is 27.9. The monoisotopic (exact) mass is 658 g/mol. The van der Waals surface area contributed by atoms with E-state index >= 15 is 0 Å². The van der Waals surface area contributed by atoms with Gasteiger partial charge in [-0.1, -0.05) is 92.0 Å². The Labute approximate surface area is 296 Å². The van der Waals surface area contributed by atoms with Gasteiger partial charge in [-0.15, -0.1) is 0 Å². The van der Waals surface area contributed by atoms with E-state index in [9.17, 15) is 0 Å². The second-order valence-electron chi connectivity index (χ2n) is 12.5. The average Bonchev–Trinajstić information content (AvgIpc) is 3.90. The lowest BCUT2D eigenvalue weighted by Crippen LogP contribution is -2.23. The summed E-state index contributed by atoms with van der Waals surface area (Å²) in [7, 11) is 0. The first-order valence-corrected chi connectivity index (χ1v) is 17.0. The summed E-state index contributed by atoms with van der Waals surface area (Å²) >= 11 is 0. The molecule has 0 amide bonds. The summed E-state index contributed by atoms with van der Waals surface area (Å²) in [5.41, 5.74) is 12.1. The highest BCUT2D eigenvalue weighted by molar-refractivity contribution is 5.90. The SMILES string of the molecule is C=C/C=C(\C=C)n1c(-c2cc(-c3nc4ccccc4n3-c3ccccc3)cc(C3Nc4ccccc4N3c3ccccc3)c2)nc2ccccc21. The standard InChI is InChI=1S/C45H34N6/c1-3-17-34(4-2)49-40-25-14-11-22-37(40)46-43(49)31-28-32(44-47-38-23-12-15-26-41(38)50(44)35-18-7-5-8-19-35)30-33(29-31)45-48-39-24-13-16-27-42(39)51(45)36-20-9-6-10-21-36/h3-30,44,47H,1-2H2/b34-17+. The lowest BCUT2D eigenvalue weighted by molar-refractivity contribution is 0.828. The molecule has 1 N–H and O–H groups in total. The quantitative estimate of drug-likeness (QED) is 0.165. The van der Waals surface area contributed by atoms with Crippen LogP contribution >= 0.6 is 0 Å². The van der Waals surface area contributed by atoms with Gasteiger partial charge in [0.2, 0.25) is 0 Å². The number of nitrogens with one attached hydrogen (secondary N) is 1. The Morgan fingerprint density at radius 2 is 1.20 bits per heavy atom. The van der Waals surface area contributed by atoms with Crippen molar-refractivity contribution in [3.8, 4) is 28.5 Å². The van der Waals surface area contributed by atoms with Crippen LogP contribution in [0.3, 0.4) is 0 Å². The van der Waals surface area contributed by atoms with Gasteiger partial charge in [-0.25, -0.2) is 9.97 Å². The summed E-state index contributed by atoms with van der Waals surface area (Å²) in [6, 6.07) is 52.7. The molecule has 0 radical (unpaired) electrons. The van der Waals surface area contributed by atoms with Crippen LogP contribution in [0.4, 0.5) is 17.1 Å². The van der Waals surface area contributed by atoms with E-state index in [2.05, 4.69) is 160 Å². The Bertz CT molecular complexity index is 2610. The van der Waals surface area contributed by atoms with E-state index in [1.807, 2.05) is 36.4 Å². The van der Waals surface area contributed by atoms with E-state index in [1.165, 1.54) is 0 Å². The number of hydrogen-bond donors (Lipinski definition) is 1. The van der Waals surface area contributed by atoms with Crippen molar-refractivity contribution in [1.82, 2.24) is 19.1 Å². The molecular weight excluding hydrogens is 625 g/mol. The van der Waals surface area contributed by atoms with Gasteiger partial charge in [-0.3, -0.25) is 9.13 Å². The molecular formula is C45H34N6. The Morgan fingerprint density at radius 3 is 1.92 bits per heavy atom. The maximum absolute atomic E-state index is 5.29. The number of imidazole rings is 2. The number of fused-ring (bicyclic) bond motifs is 3. The van der Waals surface area contributed by atoms with Gasteiger partial charge in [-0.2, -0.15) is 0 Å². The minimum atomic E-state index is -0.210. The maximum atomic E-state index is 5.29. The molecule has 1 aliphatic heterocycles. The lowest BCUT2D eigenvalue weighted by Gasteiger charge is -2.28. The first kappa shape index (κ1) is 30.2. The molecule has 3 heterocycles. The molecule has 1 unspecified atom stereocenters. The lowest BCUT2D eigenvalue weighted by atomic mass is 10.0. The van der Waals surface area contributed by atoms with Gasteiger partial charge in [0.05, 0.1) is 33.4 Å². The second kappa shape index (κ2) is 12.5. The van der Waals surface area contributed by atoms with Gasteiger partial charge in [0.15, 0.2) is 0 Å².